The monoisotopic (exact) mass is 675 g/mol. The summed E-state index contributed by atoms with van der Waals surface area (Å²) in [6.45, 7) is 21.3. The highest BCUT2D eigenvalue weighted by atomic mass is 16.5. The number of ketones is 2. The number of aliphatic hydroxyl groups is 1. The molecule has 0 bridgehead atoms. The number of aliphatic hydroxyl groups excluding tert-OH is 1. The van der Waals surface area contributed by atoms with Gasteiger partial charge in [0.25, 0.3) is 0 Å². The molecule has 0 spiro atoms. The van der Waals surface area contributed by atoms with E-state index in [0.29, 0.717) is 0 Å². The highest BCUT2D eigenvalue weighted by Crippen LogP contribution is 2.30. The molecule has 0 fully saturated rings. The molecular weight excluding hydrogens is 604 g/mol. The van der Waals surface area contributed by atoms with Crippen LogP contribution in [0, 0.1) is 23.7 Å². The summed E-state index contributed by atoms with van der Waals surface area (Å²) in [5, 5.41) is 10.1. The number of methoxy groups -OCH3 is 1. The molecule has 6 atom stereocenters. The van der Waals surface area contributed by atoms with Crippen molar-refractivity contribution in [2.45, 2.75) is 146 Å². The molecule has 0 saturated carbocycles. The van der Waals surface area contributed by atoms with Crippen LogP contribution in [-0.4, -0.2) is 36.0 Å². The van der Waals surface area contributed by atoms with Gasteiger partial charge in [-0.3, -0.25) is 9.59 Å². The Hall–Kier alpha value is -2.82. The summed E-state index contributed by atoms with van der Waals surface area (Å²) in [6.07, 6.45) is 30.6. The van der Waals surface area contributed by atoms with Gasteiger partial charge in [0.2, 0.25) is 0 Å². The summed E-state index contributed by atoms with van der Waals surface area (Å²) in [4.78, 5) is 23.7. The molecule has 2 rings (SSSR count). The first-order chi connectivity index (χ1) is 23.2. The topological polar surface area (TPSA) is 63.6 Å². The number of carbonyl (C=O) groups excluding carboxylic acids is 2. The van der Waals surface area contributed by atoms with Crippen LogP contribution in [0.3, 0.4) is 0 Å². The molecule has 274 valence electrons. The zero-order valence-electron chi connectivity index (χ0n) is 33.0. The maximum absolute atomic E-state index is 11.9. The standard InChI is InChI=1S/C23H36O2.C22H34O2/c1-17(2)9-7-10-18(3)11-8-12-19(4)13-14-21-20(5)22(24)15-16-23(21)25-6;1-16(2)8-6-9-17(3)10-7-11-18(4)12-13-20-19(5)21(23)14-15-22(20)24/h9,11,13,15-16,20-21,23H,7-8,10,12,14H2,1-6H3;8,10,12,14-15,19-20,22,24H,6-7,9,11,13H2,1-5H3/b18-11+,19-13+;17-10+,18-12+. The first kappa shape index (κ1) is 44.2. The molecule has 49 heavy (non-hydrogen) atoms. The first-order valence-electron chi connectivity index (χ1n) is 18.7. The van der Waals surface area contributed by atoms with Gasteiger partial charge in [0.05, 0.1) is 12.2 Å². The molecule has 0 aromatic heterocycles. The number of rotatable bonds is 17. The van der Waals surface area contributed by atoms with E-state index in [0.717, 1.165) is 64.2 Å². The average Bonchev–Trinajstić information content (AvgIpc) is 3.03. The van der Waals surface area contributed by atoms with E-state index in [4.69, 9.17) is 4.74 Å². The zero-order chi connectivity index (χ0) is 36.9. The fraction of sp³-hybridized carbons (Fsp3) is 0.600. The van der Waals surface area contributed by atoms with Gasteiger partial charge in [-0.1, -0.05) is 95.9 Å². The SMILES string of the molecule is CC(C)=CCC/C(C)=C/CC/C(C)=C/CC1C(O)C=CC(=O)C1C.COC1C=CC(=O)C(C)C1C/C=C(\C)CC/C=C(\C)CCC=C(C)C. The third-order valence-electron chi connectivity index (χ3n) is 9.95. The highest BCUT2D eigenvalue weighted by Gasteiger charge is 2.32. The second kappa shape index (κ2) is 24.3. The molecule has 6 unspecified atom stereocenters. The molecule has 0 saturated heterocycles. The van der Waals surface area contributed by atoms with Gasteiger partial charge in [-0.15, -0.1) is 0 Å². The van der Waals surface area contributed by atoms with E-state index in [-0.39, 0.29) is 41.3 Å². The lowest BCUT2D eigenvalue weighted by molar-refractivity contribution is -0.122. The minimum atomic E-state index is -0.501. The van der Waals surface area contributed by atoms with Crippen molar-refractivity contribution < 1.29 is 19.4 Å². The van der Waals surface area contributed by atoms with Crippen LogP contribution in [0.5, 0.6) is 0 Å². The third kappa shape index (κ3) is 18.7. The van der Waals surface area contributed by atoms with E-state index in [2.05, 4.69) is 91.8 Å². The Bertz CT molecular complexity index is 1270. The molecule has 0 radical (unpaired) electrons. The molecule has 2 aliphatic rings. The van der Waals surface area contributed by atoms with Crippen LogP contribution in [0.4, 0.5) is 0 Å². The van der Waals surface area contributed by atoms with Gasteiger partial charge < -0.3 is 9.84 Å². The lowest BCUT2D eigenvalue weighted by Crippen LogP contribution is -2.34. The second-order valence-electron chi connectivity index (χ2n) is 15.0. The van der Waals surface area contributed by atoms with Crippen molar-refractivity contribution in [2.75, 3.05) is 7.11 Å². The Morgan fingerprint density at radius 1 is 0.592 bits per heavy atom. The predicted octanol–water partition coefficient (Wildman–Crippen LogP) is 11.7. The maximum Gasteiger partial charge on any atom is 0.158 e. The van der Waals surface area contributed by atoms with Crippen molar-refractivity contribution in [1.29, 1.82) is 0 Å². The Kier molecular flexibility index (Phi) is 22.0. The van der Waals surface area contributed by atoms with Gasteiger partial charge >= 0.3 is 0 Å². The lowest BCUT2D eigenvalue weighted by atomic mass is 9.79. The van der Waals surface area contributed by atoms with Crippen LogP contribution >= 0.6 is 0 Å². The Labute approximate surface area is 301 Å². The molecule has 0 aliphatic heterocycles. The molecule has 0 amide bonds. The third-order valence-corrected chi connectivity index (χ3v) is 9.95. The average molecular weight is 675 g/mol. The molecule has 4 nitrogen and oxygen atoms in total. The summed E-state index contributed by atoms with van der Waals surface area (Å²) in [5.74, 6) is 0.561. The summed E-state index contributed by atoms with van der Waals surface area (Å²) in [6, 6.07) is 0. The van der Waals surface area contributed by atoms with E-state index >= 15 is 0 Å². The number of hydrogen-bond acceptors (Lipinski definition) is 4. The van der Waals surface area contributed by atoms with Gasteiger partial charge in [0.1, 0.15) is 0 Å². The molecule has 0 aromatic rings. The minimum Gasteiger partial charge on any atom is -0.389 e. The Morgan fingerprint density at radius 2 is 0.959 bits per heavy atom. The molecule has 1 N–H and O–H groups in total. The zero-order valence-corrected chi connectivity index (χ0v) is 33.0. The fourth-order valence-corrected chi connectivity index (χ4v) is 6.26. The smallest absolute Gasteiger partial charge is 0.158 e. The van der Waals surface area contributed by atoms with Gasteiger partial charge in [0, 0.05) is 30.8 Å². The van der Waals surface area contributed by atoms with Crippen molar-refractivity contribution in [1.82, 2.24) is 0 Å². The van der Waals surface area contributed by atoms with Gasteiger partial charge in [-0.05, 0) is 132 Å². The van der Waals surface area contributed by atoms with Crippen molar-refractivity contribution in [3.8, 4) is 0 Å². The molecule has 2 aliphatic carbocycles. The van der Waals surface area contributed by atoms with Gasteiger partial charge in [-0.25, -0.2) is 0 Å². The van der Waals surface area contributed by atoms with Gasteiger partial charge in [0.15, 0.2) is 11.6 Å². The first-order valence-corrected chi connectivity index (χ1v) is 18.7. The van der Waals surface area contributed by atoms with Crippen molar-refractivity contribution in [2.24, 2.45) is 23.7 Å². The normalized spacial score (nSPS) is 24.8. The minimum absolute atomic E-state index is 0.0128. The summed E-state index contributed by atoms with van der Waals surface area (Å²) >= 11 is 0. The largest absolute Gasteiger partial charge is 0.389 e. The van der Waals surface area contributed by atoms with Crippen LogP contribution in [0.1, 0.15) is 133 Å². The van der Waals surface area contributed by atoms with E-state index in [1.165, 1.54) is 39.5 Å². The molecule has 4 heteroatoms. The number of allylic oxidation sites excluding steroid dienone is 14. The van der Waals surface area contributed by atoms with E-state index in [1.54, 1.807) is 19.3 Å². The lowest BCUT2D eigenvalue weighted by Gasteiger charge is -2.30. The van der Waals surface area contributed by atoms with Crippen molar-refractivity contribution in [3.05, 3.63) is 94.2 Å². The number of ether oxygens (including phenoxy) is 1. The van der Waals surface area contributed by atoms with Crippen LogP contribution in [-0.2, 0) is 14.3 Å². The van der Waals surface area contributed by atoms with Crippen LogP contribution in [0.15, 0.2) is 94.2 Å². The van der Waals surface area contributed by atoms with Crippen LogP contribution in [0.2, 0.25) is 0 Å². The van der Waals surface area contributed by atoms with E-state index < -0.39 is 6.10 Å². The van der Waals surface area contributed by atoms with Crippen molar-refractivity contribution in [3.63, 3.8) is 0 Å². The molecular formula is C45H70O4. The van der Waals surface area contributed by atoms with Crippen molar-refractivity contribution >= 4 is 11.6 Å². The fourth-order valence-electron chi connectivity index (χ4n) is 6.26. The number of hydrogen-bond donors (Lipinski definition) is 1. The van der Waals surface area contributed by atoms with Crippen LogP contribution in [0.25, 0.3) is 0 Å². The summed E-state index contributed by atoms with van der Waals surface area (Å²) in [7, 11) is 1.73. The summed E-state index contributed by atoms with van der Waals surface area (Å²) in [5.41, 5.74) is 8.44. The number of carbonyl (C=O) groups is 2. The second-order valence-corrected chi connectivity index (χ2v) is 15.0. The molecule has 0 heterocycles. The Morgan fingerprint density at radius 3 is 1.39 bits per heavy atom. The quantitative estimate of drug-likeness (QED) is 0.156. The Balaban J connectivity index is 0.000000490. The summed E-state index contributed by atoms with van der Waals surface area (Å²) < 4.78 is 5.54. The van der Waals surface area contributed by atoms with E-state index in [1.807, 2.05) is 19.9 Å². The van der Waals surface area contributed by atoms with Gasteiger partial charge in [-0.2, -0.15) is 0 Å². The predicted molar refractivity (Wildman–Crippen MR) is 210 cm³/mol. The molecule has 0 aromatic carbocycles. The highest BCUT2D eigenvalue weighted by molar-refractivity contribution is 5.93. The maximum atomic E-state index is 11.9. The van der Waals surface area contributed by atoms with Crippen LogP contribution < -0.4 is 0 Å². The van der Waals surface area contributed by atoms with E-state index in [9.17, 15) is 14.7 Å².